The van der Waals surface area contributed by atoms with Gasteiger partial charge in [-0.1, -0.05) is 19.9 Å². The molecule has 2 unspecified atom stereocenters. The highest BCUT2D eigenvalue weighted by Crippen LogP contribution is 2.56. The van der Waals surface area contributed by atoms with Gasteiger partial charge in [0, 0.05) is 42.0 Å². The van der Waals surface area contributed by atoms with Gasteiger partial charge in [-0.3, -0.25) is 4.79 Å². The van der Waals surface area contributed by atoms with Crippen molar-refractivity contribution in [2.45, 2.75) is 51.4 Å². The Kier molecular flexibility index (Phi) is 4.53. The summed E-state index contributed by atoms with van der Waals surface area (Å²) >= 11 is 0. The number of benzene rings is 3. The van der Waals surface area contributed by atoms with Crippen molar-refractivity contribution in [2.75, 3.05) is 14.2 Å². The van der Waals surface area contributed by atoms with Gasteiger partial charge in [0.15, 0.2) is 0 Å². The van der Waals surface area contributed by atoms with Crippen LogP contribution in [0.1, 0.15) is 76.2 Å². The van der Waals surface area contributed by atoms with E-state index in [1.165, 1.54) is 13.2 Å². The zero-order valence-corrected chi connectivity index (χ0v) is 21.1. The summed E-state index contributed by atoms with van der Waals surface area (Å²) in [6.07, 6.45) is -0.240. The van der Waals surface area contributed by atoms with Crippen molar-refractivity contribution in [2.24, 2.45) is 0 Å². The van der Waals surface area contributed by atoms with Crippen molar-refractivity contribution >= 4 is 5.78 Å². The second kappa shape index (κ2) is 7.17. The lowest BCUT2D eigenvalue weighted by Gasteiger charge is -2.46. The van der Waals surface area contributed by atoms with Crippen LogP contribution in [0.15, 0.2) is 30.3 Å². The molecule has 1 aliphatic carbocycles. The first-order chi connectivity index (χ1) is 17.0. The normalized spacial score (nSPS) is 22.5. The SMILES string of the molecule is COc1cc(C)c2c(c1)OC1(C)Cc3cc4c(c(O)c3C2O1)C(=O)c1c(O)cc(OC)cc1C4(C)C. The lowest BCUT2D eigenvalue weighted by molar-refractivity contribution is -0.216. The van der Waals surface area contributed by atoms with Gasteiger partial charge in [0.05, 0.1) is 25.3 Å². The van der Waals surface area contributed by atoms with Crippen LogP contribution in [0.25, 0.3) is 0 Å². The molecule has 0 amide bonds. The lowest BCUT2D eigenvalue weighted by Crippen LogP contribution is -2.47. The van der Waals surface area contributed by atoms with Crippen LogP contribution in [-0.4, -0.2) is 36.0 Å². The van der Waals surface area contributed by atoms with E-state index in [0.29, 0.717) is 40.4 Å². The Morgan fingerprint density at radius 3 is 2.28 bits per heavy atom. The monoisotopic (exact) mass is 488 g/mol. The van der Waals surface area contributed by atoms with Crippen LogP contribution in [0.2, 0.25) is 0 Å². The van der Waals surface area contributed by atoms with E-state index < -0.39 is 23.1 Å². The fraction of sp³-hybridized carbons (Fsp3) is 0.345. The number of aromatic hydroxyl groups is 2. The second-order valence-corrected chi connectivity index (χ2v) is 10.5. The molecule has 7 heteroatoms. The van der Waals surface area contributed by atoms with Gasteiger partial charge >= 0.3 is 0 Å². The molecule has 3 aromatic carbocycles. The first-order valence-corrected chi connectivity index (χ1v) is 11.9. The van der Waals surface area contributed by atoms with E-state index in [2.05, 4.69) is 0 Å². The maximum atomic E-state index is 13.8. The number of methoxy groups -OCH3 is 2. The quantitative estimate of drug-likeness (QED) is 0.520. The number of hydrogen-bond acceptors (Lipinski definition) is 7. The zero-order chi connectivity index (χ0) is 25.7. The number of ether oxygens (including phenoxy) is 4. The first-order valence-electron chi connectivity index (χ1n) is 11.9. The maximum Gasteiger partial charge on any atom is 0.212 e. The maximum absolute atomic E-state index is 13.8. The minimum atomic E-state index is -0.952. The average Bonchev–Trinajstić information content (AvgIpc) is 2.80. The number of aryl methyl sites for hydroxylation is 1. The fourth-order valence-corrected chi connectivity index (χ4v) is 6.08. The summed E-state index contributed by atoms with van der Waals surface area (Å²) in [5, 5.41) is 22.5. The summed E-state index contributed by atoms with van der Waals surface area (Å²) in [5.41, 5.74) is 4.14. The van der Waals surface area contributed by atoms with Crippen LogP contribution < -0.4 is 14.2 Å². The zero-order valence-electron chi connectivity index (χ0n) is 21.1. The molecule has 2 N–H and O–H groups in total. The minimum absolute atomic E-state index is 0.114. The minimum Gasteiger partial charge on any atom is -0.507 e. The molecular weight excluding hydrogens is 460 g/mol. The molecule has 36 heavy (non-hydrogen) atoms. The third-order valence-corrected chi connectivity index (χ3v) is 7.84. The Morgan fingerprint density at radius 2 is 1.58 bits per heavy atom. The van der Waals surface area contributed by atoms with Crippen molar-refractivity contribution in [1.29, 1.82) is 0 Å². The van der Waals surface area contributed by atoms with Gasteiger partial charge in [-0.05, 0) is 41.3 Å². The summed E-state index contributed by atoms with van der Waals surface area (Å²) in [4.78, 5) is 13.8. The highest BCUT2D eigenvalue weighted by atomic mass is 16.7. The molecular formula is C29H28O7. The molecule has 2 atom stereocenters. The standard InChI is InChI=1S/C29H28O7/c1-13-7-15(33-5)11-20-21(13)27-22-14(12-29(4,35-20)36-27)8-17-24(25(22)31)26(32)23-18(28(17,2)3)9-16(34-6)10-19(23)30/h7-11,27,30-31H,12H2,1-6H3. The van der Waals surface area contributed by atoms with Gasteiger partial charge in [0.2, 0.25) is 11.6 Å². The number of fused-ring (bicyclic) bond motifs is 8. The Hall–Kier alpha value is -3.71. The highest BCUT2D eigenvalue weighted by Gasteiger charge is 2.49. The van der Waals surface area contributed by atoms with E-state index in [1.807, 2.05) is 45.9 Å². The summed E-state index contributed by atoms with van der Waals surface area (Å²) in [6.45, 7) is 7.78. The fourth-order valence-electron chi connectivity index (χ4n) is 6.08. The van der Waals surface area contributed by atoms with E-state index >= 15 is 0 Å². The highest BCUT2D eigenvalue weighted by molar-refractivity contribution is 6.16. The van der Waals surface area contributed by atoms with E-state index in [4.69, 9.17) is 18.9 Å². The van der Waals surface area contributed by atoms with E-state index in [1.54, 1.807) is 13.2 Å². The molecule has 0 saturated heterocycles. The number of phenolic OH excluding ortho intramolecular Hbond substituents is 2. The van der Waals surface area contributed by atoms with Crippen LogP contribution >= 0.6 is 0 Å². The van der Waals surface area contributed by atoms with Crippen LogP contribution in [0.4, 0.5) is 0 Å². The molecule has 0 aromatic heterocycles. The van der Waals surface area contributed by atoms with Crippen LogP contribution in [0, 0.1) is 6.92 Å². The summed E-state index contributed by atoms with van der Waals surface area (Å²) in [6, 6.07) is 8.91. The molecule has 2 heterocycles. The molecule has 3 aliphatic rings. The molecule has 2 bridgehead atoms. The number of ketones is 1. The van der Waals surface area contributed by atoms with Crippen molar-refractivity contribution in [1.82, 2.24) is 0 Å². The van der Waals surface area contributed by atoms with E-state index in [-0.39, 0.29) is 22.6 Å². The summed E-state index contributed by atoms with van der Waals surface area (Å²) < 4.78 is 23.5. The molecule has 186 valence electrons. The van der Waals surface area contributed by atoms with Gasteiger partial charge in [-0.2, -0.15) is 0 Å². The molecule has 0 spiro atoms. The topological polar surface area (TPSA) is 94.5 Å². The Bertz CT molecular complexity index is 1490. The van der Waals surface area contributed by atoms with Crippen LogP contribution in [-0.2, 0) is 16.6 Å². The predicted molar refractivity (Wildman–Crippen MR) is 132 cm³/mol. The summed E-state index contributed by atoms with van der Waals surface area (Å²) in [5.74, 6) is 0.104. The number of phenols is 2. The molecule has 0 saturated carbocycles. The van der Waals surface area contributed by atoms with Gasteiger partial charge in [0.25, 0.3) is 0 Å². The first kappa shape index (κ1) is 22.7. The van der Waals surface area contributed by atoms with Gasteiger partial charge in [0.1, 0.15) is 34.9 Å². The Balaban J connectivity index is 1.62. The Morgan fingerprint density at radius 1 is 0.917 bits per heavy atom. The molecule has 6 rings (SSSR count). The molecule has 2 aliphatic heterocycles. The second-order valence-electron chi connectivity index (χ2n) is 10.5. The third-order valence-electron chi connectivity index (χ3n) is 7.84. The lowest BCUT2D eigenvalue weighted by atomic mass is 9.66. The van der Waals surface area contributed by atoms with Gasteiger partial charge in [-0.15, -0.1) is 0 Å². The summed E-state index contributed by atoms with van der Waals surface area (Å²) in [7, 11) is 3.12. The molecule has 3 aromatic rings. The largest absolute Gasteiger partial charge is 0.507 e. The van der Waals surface area contributed by atoms with Crippen molar-refractivity contribution in [3.63, 3.8) is 0 Å². The average molecular weight is 489 g/mol. The number of carbonyl (C=O) groups is 1. The van der Waals surface area contributed by atoms with Crippen molar-refractivity contribution < 1.29 is 34.0 Å². The Labute approximate surface area is 209 Å². The van der Waals surface area contributed by atoms with E-state index in [9.17, 15) is 15.0 Å². The smallest absolute Gasteiger partial charge is 0.212 e. The van der Waals surface area contributed by atoms with Crippen molar-refractivity contribution in [3.05, 3.63) is 74.8 Å². The van der Waals surface area contributed by atoms with Crippen LogP contribution in [0.3, 0.4) is 0 Å². The van der Waals surface area contributed by atoms with Crippen molar-refractivity contribution in [3.8, 4) is 28.7 Å². The number of hydrogen-bond donors (Lipinski definition) is 2. The number of rotatable bonds is 2. The van der Waals surface area contributed by atoms with Gasteiger partial charge < -0.3 is 29.2 Å². The molecule has 0 radical (unpaired) electrons. The predicted octanol–water partition coefficient (Wildman–Crippen LogP) is 5.06. The van der Waals surface area contributed by atoms with Gasteiger partial charge in [-0.25, -0.2) is 0 Å². The van der Waals surface area contributed by atoms with Crippen LogP contribution in [0.5, 0.6) is 28.7 Å². The number of carbonyl (C=O) groups excluding carboxylic acids is 1. The molecule has 7 nitrogen and oxygen atoms in total. The van der Waals surface area contributed by atoms with E-state index in [0.717, 1.165) is 16.7 Å². The third kappa shape index (κ3) is 2.86. The molecule has 0 fully saturated rings.